The molecule has 0 radical (unpaired) electrons. The molecule has 0 aliphatic carbocycles. The van der Waals surface area contributed by atoms with Crippen LogP contribution >= 0.6 is 0 Å². The van der Waals surface area contributed by atoms with Crippen LogP contribution in [0.5, 0.6) is 0 Å². The molecule has 1 atom stereocenters. The first kappa shape index (κ1) is 20.6. The normalized spacial score (nSPS) is 18.6. The van der Waals surface area contributed by atoms with Crippen LogP contribution in [-0.4, -0.2) is 38.4 Å². The van der Waals surface area contributed by atoms with E-state index in [1.165, 1.54) is 0 Å². The fraction of sp³-hybridized carbons (Fsp3) is 0.550. The molecular weight excluding hydrogens is 348 g/mol. The van der Waals surface area contributed by atoms with Gasteiger partial charge >= 0.3 is 0 Å². The van der Waals surface area contributed by atoms with Gasteiger partial charge in [-0.05, 0) is 36.3 Å². The van der Waals surface area contributed by atoms with Crippen LogP contribution in [0.3, 0.4) is 0 Å². The Hall–Kier alpha value is -1.66. The van der Waals surface area contributed by atoms with Crippen molar-refractivity contribution < 1.29 is 13.2 Å². The number of nitrogens with zero attached hydrogens (tertiary/aromatic N) is 1. The Morgan fingerprint density at radius 1 is 1.27 bits per heavy atom. The second-order valence-corrected chi connectivity index (χ2v) is 9.70. The van der Waals surface area contributed by atoms with Gasteiger partial charge in [0.1, 0.15) is 0 Å². The van der Waals surface area contributed by atoms with Crippen molar-refractivity contribution in [2.24, 2.45) is 5.41 Å². The van der Waals surface area contributed by atoms with E-state index in [2.05, 4.69) is 25.5 Å². The number of hydrogen-bond donors (Lipinski definition) is 1. The number of carbonyl (C=O) groups excluding carboxylic acids is 1. The van der Waals surface area contributed by atoms with Gasteiger partial charge in [-0.3, -0.25) is 4.79 Å². The molecule has 2 rings (SSSR count). The molecule has 1 unspecified atom stereocenters. The first-order valence-corrected chi connectivity index (χ1v) is 10.7. The molecule has 0 spiro atoms. The Kier molecular flexibility index (Phi) is 7.01. The van der Waals surface area contributed by atoms with Gasteiger partial charge in [0, 0.05) is 31.0 Å². The Balaban J connectivity index is 1.82. The lowest BCUT2D eigenvalue weighted by Gasteiger charge is -2.30. The lowest BCUT2D eigenvalue weighted by atomic mass is 9.87. The van der Waals surface area contributed by atoms with Crippen molar-refractivity contribution in [3.8, 4) is 0 Å². The molecule has 0 saturated carbocycles. The van der Waals surface area contributed by atoms with Crippen LogP contribution in [0.25, 0.3) is 6.08 Å². The monoisotopic (exact) mass is 378 g/mol. The SMILES string of the molecule is CC(C)(C)CC1CCCN1C(=O)CCNS(=O)(=O)/C=C/c1ccccc1. The zero-order valence-electron chi connectivity index (χ0n) is 15.9. The lowest BCUT2D eigenvalue weighted by Crippen LogP contribution is -2.39. The van der Waals surface area contributed by atoms with Crippen LogP contribution in [0.15, 0.2) is 35.7 Å². The summed E-state index contributed by atoms with van der Waals surface area (Å²) in [5.74, 6) is 0.0338. The van der Waals surface area contributed by atoms with E-state index in [1.807, 2.05) is 35.2 Å². The highest BCUT2D eigenvalue weighted by Crippen LogP contribution is 2.30. The third-order valence-corrected chi connectivity index (χ3v) is 5.53. The van der Waals surface area contributed by atoms with Gasteiger partial charge in [0.15, 0.2) is 0 Å². The first-order valence-electron chi connectivity index (χ1n) is 9.19. The topological polar surface area (TPSA) is 66.5 Å². The molecule has 1 heterocycles. The average molecular weight is 379 g/mol. The Bertz CT molecular complexity index is 721. The van der Waals surface area contributed by atoms with Gasteiger partial charge < -0.3 is 4.90 Å². The number of amides is 1. The number of nitrogens with one attached hydrogen (secondary N) is 1. The Morgan fingerprint density at radius 3 is 2.62 bits per heavy atom. The van der Waals surface area contributed by atoms with Gasteiger partial charge in [-0.25, -0.2) is 13.1 Å². The third-order valence-electron chi connectivity index (χ3n) is 4.43. The standard InChI is InChI=1S/C20H30N2O3S/c1-20(2,3)16-18-10-7-14-22(18)19(23)11-13-21-26(24,25)15-12-17-8-5-4-6-9-17/h4-6,8-9,12,15,18,21H,7,10-11,13-14,16H2,1-3H3/b15-12+. The fourth-order valence-electron chi connectivity index (χ4n) is 3.31. The second-order valence-electron chi connectivity index (χ2n) is 8.05. The molecule has 1 amide bonds. The van der Waals surface area contributed by atoms with E-state index in [0.717, 1.165) is 36.8 Å². The summed E-state index contributed by atoms with van der Waals surface area (Å²) in [5, 5.41) is 1.14. The maximum atomic E-state index is 12.5. The van der Waals surface area contributed by atoms with Crippen molar-refractivity contribution in [1.82, 2.24) is 9.62 Å². The number of hydrogen-bond acceptors (Lipinski definition) is 3. The Labute approximate surface area is 157 Å². The summed E-state index contributed by atoms with van der Waals surface area (Å²) < 4.78 is 26.6. The second kappa shape index (κ2) is 8.82. The van der Waals surface area contributed by atoms with Crippen LogP contribution in [0.2, 0.25) is 0 Å². The zero-order valence-corrected chi connectivity index (χ0v) is 16.8. The number of likely N-dealkylation sites (tertiary alicyclic amines) is 1. The molecule has 5 nitrogen and oxygen atoms in total. The van der Waals surface area contributed by atoms with Crippen LogP contribution in [0.4, 0.5) is 0 Å². The van der Waals surface area contributed by atoms with E-state index >= 15 is 0 Å². The summed E-state index contributed by atoms with van der Waals surface area (Å²) in [7, 11) is -3.54. The maximum absolute atomic E-state index is 12.5. The number of carbonyl (C=O) groups is 1. The minimum Gasteiger partial charge on any atom is -0.340 e. The average Bonchev–Trinajstić information content (AvgIpc) is 3.00. The number of benzene rings is 1. The molecule has 26 heavy (non-hydrogen) atoms. The van der Waals surface area contributed by atoms with Gasteiger partial charge in [0.05, 0.1) is 0 Å². The van der Waals surface area contributed by atoms with Crippen LogP contribution in [0.1, 0.15) is 52.0 Å². The van der Waals surface area contributed by atoms with Crippen LogP contribution in [-0.2, 0) is 14.8 Å². The van der Waals surface area contributed by atoms with Crippen LogP contribution in [0, 0.1) is 5.41 Å². The van der Waals surface area contributed by atoms with E-state index in [0.29, 0.717) is 0 Å². The van der Waals surface area contributed by atoms with Crippen molar-refractivity contribution in [3.63, 3.8) is 0 Å². The minimum absolute atomic E-state index is 0.0338. The van der Waals surface area contributed by atoms with E-state index in [9.17, 15) is 13.2 Å². The highest BCUT2D eigenvalue weighted by atomic mass is 32.2. The summed E-state index contributed by atoms with van der Waals surface area (Å²) in [4.78, 5) is 14.4. The predicted octanol–water partition coefficient (Wildman–Crippen LogP) is 3.39. The third kappa shape index (κ3) is 6.92. The highest BCUT2D eigenvalue weighted by Gasteiger charge is 2.31. The van der Waals surface area contributed by atoms with E-state index in [1.54, 1.807) is 6.08 Å². The van der Waals surface area contributed by atoms with Gasteiger partial charge in [-0.15, -0.1) is 0 Å². The van der Waals surface area contributed by atoms with Gasteiger partial charge in [0.2, 0.25) is 15.9 Å². The zero-order chi connectivity index (χ0) is 19.2. The Morgan fingerprint density at radius 2 is 1.96 bits per heavy atom. The molecule has 0 bridgehead atoms. The summed E-state index contributed by atoms with van der Waals surface area (Å²) in [6, 6.07) is 9.51. The maximum Gasteiger partial charge on any atom is 0.233 e. The number of sulfonamides is 1. The predicted molar refractivity (Wildman–Crippen MR) is 106 cm³/mol. The molecule has 1 fully saturated rings. The largest absolute Gasteiger partial charge is 0.340 e. The molecule has 0 aromatic heterocycles. The molecule has 1 saturated heterocycles. The van der Waals surface area contributed by atoms with Crippen LogP contribution < -0.4 is 4.72 Å². The van der Waals surface area contributed by atoms with E-state index in [4.69, 9.17) is 0 Å². The van der Waals surface area contributed by atoms with Crippen molar-refractivity contribution in [3.05, 3.63) is 41.3 Å². The summed E-state index contributed by atoms with van der Waals surface area (Å²) in [6.45, 7) is 7.45. The molecule has 1 N–H and O–H groups in total. The van der Waals surface area contributed by atoms with Gasteiger partial charge in [0.25, 0.3) is 0 Å². The molecule has 6 heteroatoms. The molecule has 1 aliphatic heterocycles. The number of rotatable bonds is 7. The summed E-state index contributed by atoms with van der Waals surface area (Å²) >= 11 is 0. The smallest absolute Gasteiger partial charge is 0.233 e. The van der Waals surface area contributed by atoms with Crippen molar-refractivity contribution in [1.29, 1.82) is 0 Å². The molecule has 144 valence electrons. The fourth-order valence-corrected chi connectivity index (χ4v) is 4.13. The van der Waals surface area contributed by atoms with Gasteiger partial charge in [-0.1, -0.05) is 51.1 Å². The van der Waals surface area contributed by atoms with Crippen molar-refractivity contribution in [2.75, 3.05) is 13.1 Å². The summed E-state index contributed by atoms with van der Waals surface area (Å²) in [5.41, 5.74) is 0.994. The quantitative estimate of drug-likeness (QED) is 0.791. The van der Waals surface area contributed by atoms with Crippen molar-refractivity contribution >= 4 is 22.0 Å². The molecule has 1 aromatic carbocycles. The van der Waals surface area contributed by atoms with E-state index in [-0.39, 0.29) is 30.3 Å². The molecule has 1 aromatic rings. The first-order chi connectivity index (χ1) is 12.2. The highest BCUT2D eigenvalue weighted by molar-refractivity contribution is 7.92. The minimum atomic E-state index is -3.54. The van der Waals surface area contributed by atoms with E-state index < -0.39 is 10.0 Å². The molecular formula is C20H30N2O3S. The summed E-state index contributed by atoms with van der Waals surface area (Å²) in [6.07, 6.45) is 4.78. The van der Waals surface area contributed by atoms with Gasteiger partial charge in [-0.2, -0.15) is 0 Å². The van der Waals surface area contributed by atoms with Crippen molar-refractivity contribution in [2.45, 2.75) is 52.5 Å². The lowest BCUT2D eigenvalue weighted by molar-refractivity contribution is -0.132. The molecule has 1 aliphatic rings.